The quantitative estimate of drug-likeness (QED) is 0.317. The fourth-order valence-corrected chi connectivity index (χ4v) is 3.88. The Labute approximate surface area is 187 Å². The smallest absolute Gasteiger partial charge is 0.261 e. The lowest BCUT2D eigenvalue weighted by atomic mass is 10.0. The van der Waals surface area contributed by atoms with Crippen molar-refractivity contribution in [3.05, 3.63) is 136 Å². The molecule has 0 amide bonds. The van der Waals surface area contributed by atoms with Crippen LogP contribution in [0.15, 0.2) is 114 Å². The summed E-state index contributed by atoms with van der Waals surface area (Å²) in [4.78, 5) is 18.5. The molecule has 5 aromatic rings. The predicted molar refractivity (Wildman–Crippen MR) is 132 cm³/mol. The standard InChI is InChI=1S/C29H22N2O/c32-29-26-17-9-10-18-27(26)30-28(31(29)21-23-13-5-2-6-14-23)25-16-8-7-15-24(25)20-19-22-11-3-1-4-12-22/h1-20H,21H2/b20-19+. The van der Waals surface area contributed by atoms with Gasteiger partial charge in [0.05, 0.1) is 17.4 Å². The number of para-hydroxylation sites is 1. The van der Waals surface area contributed by atoms with Crippen LogP contribution in [0.25, 0.3) is 34.4 Å². The van der Waals surface area contributed by atoms with Crippen LogP contribution in [0.3, 0.4) is 0 Å². The lowest BCUT2D eigenvalue weighted by Crippen LogP contribution is -2.24. The number of benzene rings is 4. The van der Waals surface area contributed by atoms with Crippen molar-refractivity contribution in [1.82, 2.24) is 9.55 Å². The van der Waals surface area contributed by atoms with Gasteiger partial charge in [-0.25, -0.2) is 4.98 Å². The highest BCUT2D eigenvalue weighted by Gasteiger charge is 2.15. The van der Waals surface area contributed by atoms with E-state index in [0.29, 0.717) is 23.3 Å². The number of hydrogen-bond donors (Lipinski definition) is 0. The summed E-state index contributed by atoms with van der Waals surface area (Å²) < 4.78 is 1.78. The van der Waals surface area contributed by atoms with E-state index in [1.54, 1.807) is 4.57 Å². The Kier molecular flexibility index (Phi) is 5.46. The van der Waals surface area contributed by atoms with Gasteiger partial charge in [0, 0.05) is 5.56 Å². The molecule has 154 valence electrons. The Morgan fingerprint density at radius 3 is 2.16 bits per heavy atom. The zero-order chi connectivity index (χ0) is 21.8. The molecule has 0 saturated carbocycles. The van der Waals surface area contributed by atoms with E-state index in [-0.39, 0.29) is 5.56 Å². The molecule has 4 aromatic carbocycles. The number of aromatic nitrogens is 2. The van der Waals surface area contributed by atoms with E-state index in [1.165, 1.54) is 0 Å². The van der Waals surface area contributed by atoms with Crippen LogP contribution < -0.4 is 5.56 Å². The largest absolute Gasteiger partial charge is 0.288 e. The van der Waals surface area contributed by atoms with E-state index in [2.05, 4.69) is 30.4 Å². The van der Waals surface area contributed by atoms with E-state index in [1.807, 2.05) is 91.0 Å². The summed E-state index contributed by atoms with van der Waals surface area (Å²) in [5.41, 5.74) is 4.80. The van der Waals surface area contributed by atoms with Crippen molar-refractivity contribution in [2.75, 3.05) is 0 Å². The van der Waals surface area contributed by atoms with Crippen molar-refractivity contribution in [3.63, 3.8) is 0 Å². The highest BCUT2D eigenvalue weighted by Crippen LogP contribution is 2.25. The Morgan fingerprint density at radius 1 is 0.688 bits per heavy atom. The van der Waals surface area contributed by atoms with Gasteiger partial charge in [-0.1, -0.05) is 109 Å². The van der Waals surface area contributed by atoms with E-state index in [4.69, 9.17) is 4.98 Å². The highest BCUT2D eigenvalue weighted by molar-refractivity contribution is 5.83. The maximum atomic E-state index is 13.5. The molecule has 0 unspecified atom stereocenters. The second kappa shape index (κ2) is 8.86. The van der Waals surface area contributed by atoms with Crippen LogP contribution >= 0.6 is 0 Å². The molecule has 0 saturated heterocycles. The molecule has 0 aliphatic heterocycles. The van der Waals surface area contributed by atoms with Crippen LogP contribution in [-0.4, -0.2) is 9.55 Å². The van der Waals surface area contributed by atoms with Gasteiger partial charge in [0.1, 0.15) is 5.82 Å². The van der Waals surface area contributed by atoms with Gasteiger partial charge < -0.3 is 0 Å². The summed E-state index contributed by atoms with van der Waals surface area (Å²) >= 11 is 0. The van der Waals surface area contributed by atoms with Gasteiger partial charge in [-0.15, -0.1) is 0 Å². The molecule has 0 radical (unpaired) electrons. The van der Waals surface area contributed by atoms with Crippen molar-refractivity contribution in [1.29, 1.82) is 0 Å². The molecular weight excluding hydrogens is 392 g/mol. The van der Waals surface area contributed by atoms with Gasteiger partial charge in [-0.2, -0.15) is 0 Å². The number of nitrogens with zero attached hydrogens (tertiary/aromatic N) is 2. The Morgan fingerprint density at radius 2 is 1.34 bits per heavy atom. The molecule has 0 atom stereocenters. The molecule has 0 spiro atoms. The summed E-state index contributed by atoms with van der Waals surface area (Å²) in [5, 5.41) is 0.629. The van der Waals surface area contributed by atoms with Gasteiger partial charge in [-0.3, -0.25) is 9.36 Å². The third kappa shape index (κ3) is 4.01. The Balaban J connectivity index is 1.70. The Bertz CT molecular complexity index is 1450. The average Bonchev–Trinajstić information content (AvgIpc) is 2.86. The average molecular weight is 415 g/mol. The van der Waals surface area contributed by atoms with Crippen LogP contribution in [0.2, 0.25) is 0 Å². The van der Waals surface area contributed by atoms with Gasteiger partial charge in [-0.05, 0) is 28.8 Å². The van der Waals surface area contributed by atoms with Crippen molar-refractivity contribution in [2.45, 2.75) is 6.54 Å². The van der Waals surface area contributed by atoms with Crippen LogP contribution in [0, 0.1) is 0 Å². The first kappa shape index (κ1) is 19.7. The maximum Gasteiger partial charge on any atom is 0.261 e. The molecular formula is C29H22N2O. The van der Waals surface area contributed by atoms with E-state index >= 15 is 0 Å². The predicted octanol–water partition coefficient (Wildman–Crippen LogP) is 6.28. The van der Waals surface area contributed by atoms with Crippen molar-refractivity contribution < 1.29 is 0 Å². The first-order valence-corrected chi connectivity index (χ1v) is 10.7. The molecule has 0 aliphatic rings. The zero-order valence-electron chi connectivity index (χ0n) is 17.6. The number of hydrogen-bond acceptors (Lipinski definition) is 2. The van der Waals surface area contributed by atoms with E-state index < -0.39 is 0 Å². The van der Waals surface area contributed by atoms with Crippen LogP contribution in [-0.2, 0) is 6.54 Å². The van der Waals surface area contributed by atoms with Gasteiger partial charge in [0.2, 0.25) is 0 Å². The van der Waals surface area contributed by atoms with Gasteiger partial charge >= 0.3 is 0 Å². The molecule has 3 heteroatoms. The topological polar surface area (TPSA) is 34.9 Å². The van der Waals surface area contributed by atoms with Crippen molar-refractivity contribution >= 4 is 23.1 Å². The molecule has 1 heterocycles. The van der Waals surface area contributed by atoms with E-state index in [0.717, 1.165) is 22.3 Å². The molecule has 0 aliphatic carbocycles. The molecule has 5 rings (SSSR count). The fourth-order valence-electron chi connectivity index (χ4n) is 3.88. The third-order valence-electron chi connectivity index (χ3n) is 5.50. The number of rotatable bonds is 5. The first-order valence-electron chi connectivity index (χ1n) is 10.7. The van der Waals surface area contributed by atoms with Crippen LogP contribution in [0.5, 0.6) is 0 Å². The summed E-state index contributed by atoms with van der Waals surface area (Å²) in [6.45, 7) is 0.462. The van der Waals surface area contributed by atoms with Crippen molar-refractivity contribution in [2.24, 2.45) is 0 Å². The molecule has 32 heavy (non-hydrogen) atoms. The van der Waals surface area contributed by atoms with Crippen LogP contribution in [0.4, 0.5) is 0 Å². The first-order chi connectivity index (χ1) is 15.8. The molecule has 1 aromatic heterocycles. The Hall–Kier alpha value is -4.24. The second-order valence-corrected chi connectivity index (χ2v) is 7.66. The minimum absolute atomic E-state index is 0.0312. The third-order valence-corrected chi connectivity index (χ3v) is 5.50. The van der Waals surface area contributed by atoms with Gasteiger partial charge in [0.25, 0.3) is 5.56 Å². The maximum absolute atomic E-state index is 13.5. The summed E-state index contributed by atoms with van der Waals surface area (Å²) in [6, 6.07) is 35.9. The van der Waals surface area contributed by atoms with Crippen LogP contribution in [0.1, 0.15) is 16.7 Å². The minimum atomic E-state index is -0.0312. The van der Waals surface area contributed by atoms with Gasteiger partial charge in [0.15, 0.2) is 0 Å². The SMILES string of the molecule is O=c1c2ccccc2nc(-c2ccccc2/C=C/c2ccccc2)n1Cc1ccccc1. The zero-order valence-corrected chi connectivity index (χ0v) is 17.6. The lowest BCUT2D eigenvalue weighted by Gasteiger charge is -2.15. The van der Waals surface area contributed by atoms with E-state index in [9.17, 15) is 4.79 Å². The highest BCUT2D eigenvalue weighted by atomic mass is 16.1. The fraction of sp³-hybridized carbons (Fsp3) is 0.0345. The normalized spacial score (nSPS) is 11.2. The molecule has 0 fully saturated rings. The minimum Gasteiger partial charge on any atom is -0.288 e. The lowest BCUT2D eigenvalue weighted by molar-refractivity contribution is 0.759. The summed E-state index contributed by atoms with van der Waals surface area (Å²) in [5.74, 6) is 0.672. The molecule has 0 bridgehead atoms. The van der Waals surface area contributed by atoms with Crippen molar-refractivity contribution in [3.8, 4) is 11.4 Å². The molecule has 3 nitrogen and oxygen atoms in total. The molecule has 0 N–H and O–H groups in total. The monoisotopic (exact) mass is 414 g/mol. The summed E-state index contributed by atoms with van der Waals surface area (Å²) in [6.07, 6.45) is 4.17. The second-order valence-electron chi connectivity index (χ2n) is 7.66. The summed E-state index contributed by atoms with van der Waals surface area (Å²) in [7, 11) is 0. The number of fused-ring (bicyclic) bond motifs is 1.